The summed E-state index contributed by atoms with van der Waals surface area (Å²) in [5, 5.41) is 11.3. The Morgan fingerprint density at radius 3 is 2.73 bits per heavy atom. The van der Waals surface area contributed by atoms with Crippen molar-refractivity contribution < 1.29 is 14.0 Å². The topological polar surface area (TPSA) is 73.2 Å². The maximum absolute atomic E-state index is 14.4. The van der Waals surface area contributed by atoms with Crippen molar-refractivity contribution in [1.82, 2.24) is 10.2 Å². The van der Waals surface area contributed by atoms with E-state index in [0.29, 0.717) is 29.6 Å². The minimum Gasteiger partial charge on any atom is -0.343 e. The first-order valence-corrected chi connectivity index (χ1v) is 8.30. The number of likely N-dealkylation sites (N-methyl/N-ethyl adjacent to an activating group) is 1. The van der Waals surface area contributed by atoms with E-state index in [1.54, 1.807) is 30.1 Å². The molecule has 2 amide bonds. The van der Waals surface area contributed by atoms with E-state index < -0.39 is 11.9 Å². The Morgan fingerprint density at radius 2 is 2.04 bits per heavy atom. The molecule has 0 aromatic heterocycles. The number of amides is 2. The lowest BCUT2D eigenvalue weighted by Gasteiger charge is -2.25. The van der Waals surface area contributed by atoms with Crippen molar-refractivity contribution in [3.63, 3.8) is 0 Å². The molecule has 6 heteroatoms. The molecule has 0 unspecified atom stereocenters. The average Bonchev–Trinajstić information content (AvgIpc) is 2.65. The van der Waals surface area contributed by atoms with Crippen LogP contribution in [-0.4, -0.2) is 36.9 Å². The zero-order chi connectivity index (χ0) is 18.7. The summed E-state index contributed by atoms with van der Waals surface area (Å²) in [5.74, 6) is -0.423. The fraction of sp³-hybridized carbons (Fsp3) is 0.250. The zero-order valence-corrected chi connectivity index (χ0v) is 14.3. The normalized spacial score (nSPS) is 14.3. The fourth-order valence-corrected chi connectivity index (χ4v) is 3.12. The van der Waals surface area contributed by atoms with Crippen LogP contribution in [0.3, 0.4) is 0 Å². The highest BCUT2D eigenvalue weighted by Crippen LogP contribution is 2.27. The first-order valence-electron chi connectivity index (χ1n) is 8.30. The van der Waals surface area contributed by atoms with E-state index in [2.05, 4.69) is 5.32 Å². The van der Waals surface area contributed by atoms with Gasteiger partial charge >= 0.3 is 0 Å². The molecule has 5 nitrogen and oxygen atoms in total. The van der Waals surface area contributed by atoms with Crippen LogP contribution in [0.2, 0.25) is 0 Å². The summed E-state index contributed by atoms with van der Waals surface area (Å²) in [4.78, 5) is 24.3. The van der Waals surface area contributed by atoms with Crippen molar-refractivity contribution in [2.75, 3.05) is 13.6 Å². The Kier molecular flexibility index (Phi) is 4.99. The number of hydrogen-bond acceptors (Lipinski definition) is 3. The Balaban J connectivity index is 1.87. The van der Waals surface area contributed by atoms with Gasteiger partial charge in [0.1, 0.15) is 11.9 Å². The quantitative estimate of drug-likeness (QED) is 0.840. The Labute approximate surface area is 151 Å². The number of carbonyl (C=O) groups is 2. The van der Waals surface area contributed by atoms with Crippen LogP contribution in [0.15, 0.2) is 36.4 Å². The molecule has 3 rings (SSSR count). The van der Waals surface area contributed by atoms with Gasteiger partial charge in [-0.1, -0.05) is 24.3 Å². The first kappa shape index (κ1) is 17.6. The van der Waals surface area contributed by atoms with Crippen LogP contribution in [0.25, 0.3) is 11.1 Å². The van der Waals surface area contributed by atoms with Crippen LogP contribution >= 0.6 is 0 Å². The highest BCUT2D eigenvalue weighted by Gasteiger charge is 2.21. The average molecular weight is 351 g/mol. The summed E-state index contributed by atoms with van der Waals surface area (Å²) in [7, 11) is 1.78. The molecule has 1 N–H and O–H groups in total. The maximum Gasteiger partial charge on any atom is 0.253 e. The van der Waals surface area contributed by atoms with E-state index in [1.807, 2.05) is 18.2 Å². The minimum absolute atomic E-state index is 0.00421. The third-order valence-electron chi connectivity index (χ3n) is 4.63. The number of carbonyl (C=O) groups excluding carboxylic acids is 2. The molecule has 132 valence electrons. The van der Waals surface area contributed by atoms with Gasteiger partial charge < -0.3 is 10.2 Å². The Bertz CT molecular complexity index is 904. The molecule has 0 fully saturated rings. The third kappa shape index (κ3) is 3.42. The van der Waals surface area contributed by atoms with Gasteiger partial charge in [-0.3, -0.25) is 9.59 Å². The molecule has 26 heavy (non-hydrogen) atoms. The molecule has 0 saturated heterocycles. The van der Waals surface area contributed by atoms with Crippen molar-refractivity contribution in [1.29, 1.82) is 5.26 Å². The third-order valence-corrected chi connectivity index (χ3v) is 4.63. The molecule has 0 spiro atoms. The standard InChI is InChI=1S/C20H18FN3O2/c1-24-7-6-15-8-13(4-5-18(15)20(24)26)14-2-3-16(19(21)10-14)9-17(11-22)23-12-25/h2-5,8,10,12,17H,6-7,9H2,1H3,(H,23,25)/t17-/m0/s1. The molecule has 0 radical (unpaired) electrons. The van der Waals surface area contributed by atoms with Crippen molar-refractivity contribution in [3.8, 4) is 17.2 Å². The van der Waals surface area contributed by atoms with Gasteiger partial charge in [0, 0.05) is 25.6 Å². The summed E-state index contributed by atoms with van der Waals surface area (Å²) >= 11 is 0. The number of nitriles is 1. The summed E-state index contributed by atoms with van der Waals surface area (Å²) in [5.41, 5.74) is 3.57. The highest BCUT2D eigenvalue weighted by atomic mass is 19.1. The molecule has 2 aromatic carbocycles. The van der Waals surface area contributed by atoms with Gasteiger partial charge in [-0.05, 0) is 40.8 Å². The molecule has 0 aliphatic carbocycles. The van der Waals surface area contributed by atoms with Crippen LogP contribution < -0.4 is 5.32 Å². The monoisotopic (exact) mass is 351 g/mol. The summed E-state index contributed by atoms with van der Waals surface area (Å²) < 4.78 is 14.4. The number of hydrogen-bond donors (Lipinski definition) is 1. The number of benzene rings is 2. The lowest BCUT2D eigenvalue weighted by atomic mass is 9.93. The number of halogens is 1. The van der Waals surface area contributed by atoms with Crippen molar-refractivity contribution in [2.24, 2.45) is 0 Å². The molecular formula is C20H18FN3O2. The Hall–Kier alpha value is -3.20. The predicted octanol–water partition coefficient (Wildman–Crippen LogP) is 2.30. The number of fused-ring (bicyclic) bond motifs is 1. The van der Waals surface area contributed by atoms with Crippen LogP contribution in [0.1, 0.15) is 21.5 Å². The van der Waals surface area contributed by atoms with Crippen LogP contribution in [0, 0.1) is 17.1 Å². The molecule has 1 atom stereocenters. The summed E-state index contributed by atoms with van der Waals surface area (Å²) in [6.07, 6.45) is 1.31. The predicted molar refractivity (Wildman–Crippen MR) is 94.8 cm³/mol. The van der Waals surface area contributed by atoms with Gasteiger partial charge in [0.2, 0.25) is 6.41 Å². The van der Waals surface area contributed by atoms with Gasteiger partial charge in [-0.15, -0.1) is 0 Å². The maximum atomic E-state index is 14.4. The van der Waals surface area contributed by atoms with Gasteiger partial charge in [-0.2, -0.15) is 5.26 Å². The van der Waals surface area contributed by atoms with Gasteiger partial charge in [0.25, 0.3) is 5.91 Å². The molecule has 1 aliphatic heterocycles. The Morgan fingerprint density at radius 1 is 1.31 bits per heavy atom. The molecule has 1 aliphatic rings. The van der Waals surface area contributed by atoms with Crippen molar-refractivity contribution in [3.05, 3.63) is 58.9 Å². The van der Waals surface area contributed by atoms with Crippen molar-refractivity contribution in [2.45, 2.75) is 18.9 Å². The van der Waals surface area contributed by atoms with Crippen LogP contribution in [0.4, 0.5) is 4.39 Å². The van der Waals surface area contributed by atoms with Crippen molar-refractivity contribution >= 4 is 12.3 Å². The second kappa shape index (κ2) is 7.36. The van der Waals surface area contributed by atoms with Crippen LogP contribution in [-0.2, 0) is 17.6 Å². The molecule has 0 bridgehead atoms. The summed E-state index contributed by atoms with van der Waals surface area (Å²) in [6, 6.07) is 11.5. The van der Waals surface area contributed by atoms with E-state index in [0.717, 1.165) is 17.5 Å². The first-order chi connectivity index (χ1) is 12.5. The number of rotatable bonds is 5. The number of nitrogens with one attached hydrogen (secondary N) is 1. The number of nitrogens with zero attached hydrogens (tertiary/aromatic N) is 2. The second-order valence-electron chi connectivity index (χ2n) is 6.33. The minimum atomic E-state index is -0.764. The zero-order valence-electron chi connectivity index (χ0n) is 14.3. The SMILES string of the molecule is CN1CCc2cc(-c3ccc(C[C@@H](C#N)NC=O)c(F)c3)ccc2C1=O. The molecule has 2 aromatic rings. The van der Waals surface area contributed by atoms with E-state index >= 15 is 0 Å². The summed E-state index contributed by atoms with van der Waals surface area (Å²) in [6.45, 7) is 0.669. The lowest BCUT2D eigenvalue weighted by molar-refractivity contribution is -0.109. The van der Waals surface area contributed by atoms with Gasteiger partial charge in [0.15, 0.2) is 0 Å². The van der Waals surface area contributed by atoms with E-state index in [9.17, 15) is 14.0 Å². The van der Waals surface area contributed by atoms with Crippen LogP contribution in [0.5, 0.6) is 0 Å². The molecular weight excluding hydrogens is 333 g/mol. The van der Waals surface area contributed by atoms with E-state index in [4.69, 9.17) is 5.26 Å². The highest BCUT2D eigenvalue weighted by molar-refractivity contribution is 5.97. The lowest BCUT2D eigenvalue weighted by Crippen LogP contribution is -2.34. The smallest absolute Gasteiger partial charge is 0.253 e. The van der Waals surface area contributed by atoms with Gasteiger partial charge in [0.05, 0.1) is 6.07 Å². The largest absolute Gasteiger partial charge is 0.343 e. The molecule has 0 saturated carbocycles. The van der Waals surface area contributed by atoms with E-state index in [-0.39, 0.29) is 12.3 Å². The van der Waals surface area contributed by atoms with Gasteiger partial charge in [-0.25, -0.2) is 4.39 Å². The van der Waals surface area contributed by atoms with E-state index in [1.165, 1.54) is 6.07 Å². The fourth-order valence-electron chi connectivity index (χ4n) is 3.12. The second-order valence-corrected chi connectivity index (χ2v) is 6.33. The molecule has 1 heterocycles.